The SMILES string of the molecule is CCCCOC(C)C(=O)N(c1cc(C)ccc1C)C(C)C. The maximum Gasteiger partial charge on any atom is 0.256 e. The number of unbranched alkanes of at least 4 members (excludes halogenated alkanes) is 1. The number of rotatable bonds is 7. The predicted molar refractivity (Wildman–Crippen MR) is 88.9 cm³/mol. The molecule has 3 heteroatoms. The van der Waals surface area contributed by atoms with Crippen LogP contribution >= 0.6 is 0 Å². The Morgan fingerprint density at radius 1 is 1.24 bits per heavy atom. The van der Waals surface area contributed by atoms with E-state index in [0.29, 0.717) is 6.61 Å². The van der Waals surface area contributed by atoms with Gasteiger partial charge in [-0.05, 0) is 58.2 Å². The molecule has 0 heterocycles. The van der Waals surface area contributed by atoms with Crippen LogP contribution in [0.1, 0.15) is 51.7 Å². The molecule has 21 heavy (non-hydrogen) atoms. The Bertz CT molecular complexity index is 468. The molecule has 118 valence electrons. The predicted octanol–water partition coefficient (Wildman–Crippen LogP) is 4.25. The van der Waals surface area contributed by atoms with E-state index in [1.165, 1.54) is 0 Å². The molecular formula is C18H29NO2. The summed E-state index contributed by atoms with van der Waals surface area (Å²) in [5.74, 6) is 0.0369. The average Bonchev–Trinajstić information content (AvgIpc) is 2.42. The Labute approximate surface area is 129 Å². The van der Waals surface area contributed by atoms with Crippen LogP contribution in [0.25, 0.3) is 0 Å². The number of amides is 1. The van der Waals surface area contributed by atoms with Gasteiger partial charge >= 0.3 is 0 Å². The van der Waals surface area contributed by atoms with Crippen LogP contribution in [0.3, 0.4) is 0 Å². The van der Waals surface area contributed by atoms with Gasteiger partial charge in [0.2, 0.25) is 0 Å². The topological polar surface area (TPSA) is 29.5 Å². The lowest BCUT2D eigenvalue weighted by atomic mass is 10.1. The zero-order valence-electron chi connectivity index (χ0n) is 14.3. The van der Waals surface area contributed by atoms with Gasteiger partial charge in [-0.1, -0.05) is 25.5 Å². The molecule has 1 unspecified atom stereocenters. The number of anilines is 1. The van der Waals surface area contributed by atoms with Crippen LogP contribution in [0.15, 0.2) is 18.2 Å². The summed E-state index contributed by atoms with van der Waals surface area (Å²) < 4.78 is 5.68. The molecular weight excluding hydrogens is 262 g/mol. The van der Waals surface area contributed by atoms with E-state index in [0.717, 1.165) is 29.7 Å². The second-order valence-corrected chi connectivity index (χ2v) is 5.96. The first-order valence-corrected chi connectivity index (χ1v) is 7.90. The highest BCUT2D eigenvalue weighted by molar-refractivity contribution is 5.97. The third-order valence-corrected chi connectivity index (χ3v) is 3.59. The molecule has 1 rings (SSSR count). The fourth-order valence-electron chi connectivity index (χ4n) is 2.30. The number of carbonyl (C=O) groups excluding carboxylic acids is 1. The van der Waals surface area contributed by atoms with E-state index >= 15 is 0 Å². The molecule has 0 N–H and O–H groups in total. The van der Waals surface area contributed by atoms with Crippen LogP contribution in [0, 0.1) is 13.8 Å². The van der Waals surface area contributed by atoms with Gasteiger partial charge in [0.25, 0.3) is 5.91 Å². The minimum atomic E-state index is -0.404. The first-order chi connectivity index (χ1) is 9.88. The van der Waals surface area contributed by atoms with Gasteiger partial charge in [0.15, 0.2) is 0 Å². The van der Waals surface area contributed by atoms with Crippen LogP contribution in [-0.4, -0.2) is 24.7 Å². The molecule has 0 bridgehead atoms. The van der Waals surface area contributed by atoms with Crippen LogP contribution in [0.5, 0.6) is 0 Å². The van der Waals surface area contributed by atoms with Crippen molar-refractivity contribution in [3.8, 4) is 0 Å². The van der Waals surface area contributed by atoms with Crippen molar-refractivity contribution in [2.24, 2.45) is 0 Å². The van der Waals surface area contributed by atoms with E-state index in [9.17, 15) is 4.79 Å². The summed E-state index contributed by atoms with van der Waals surface area (Å²) in [4.78, 5) is 14.6. The highest BCUT2D eigenvalue weighted by Gasteiger charge is 2.25. The van der Waals surface area contributed by atoms with E-state index < -0.39 is 6.10 Å². The molecule has 1 atom stereocenters. The van der Waals surface area contributed by atoms with E-state index in [2.05, 4.69) is 25.1 Å². The minimum Gasteiger partial charge on any atom is -0.369 e. The summed E-state index contributed by atoms with van der Waals surface area (Å²) in [7, 11) is 0. The number of hydrogen-bond donors (Lipinski definition) is 0. The molecule has 0 saturated carbocycles. The van der Waals surface area contributed by atoms with Gasteiger partial charge in [0, 0.05) is 18.3 Å². The van der Waals surface area contributed by atoms with E-state index in [4.69, 9.17) is 4.74 Å². The lowest BCUT2D eigenvalue weighted by Gasteiger charge is -2.31. The summed E-state index contributed by atoms with van der Waals surface area (Å²) in [6.07, 6.45) is 1.66. The molecule has 0 aliphatic carbocycles. The van der Waals surface area contributed by atoms with Gasteiger partial charge in [0.1, 0.15) is 6.10 Å². The molecule has 0 aliphatic heterocycles. The van der Waals surface area contributed by atoms with Crippen molar-refractivity contribution in [3.63, 3.8) is 0 Å². The van der Waals surface area contributed by atoms with Gasteiger partial charge in [0.05, 0.1) is 0 Å². The van der Waals surface area contributed by atoms with Crippen molar-refractivity contribution >= 4 is 11.6 Å². The van der Waals surface area contributed by atoms with Crippen LogP contribution in [-0.2, 0) is 9.53 Å². The van der Waals surface area contributed by atoms with Crippen molar-refractivity contribution in [1.82, 2.24) is 0 Å². The van der Waals surface area contributed by atoms with Gasteiger partial charge < -0.3 is 9.64 Å². The quantitative estimate of drug-likeness (QED) is 0.703. The number of nitrogens with zero attached hydrogens (tertiary/aromatic N) is 1. The van der Waals surface area contributed by atoms with E-state index in [1.807, 2.05) is 39.5 Å². The molecule has 0 fully saturated rings. The summed E-state index contributed by atoms with van der Waals surface area (Å²) in [5, 5.41) is 0. The molecule has 1 aromatic rings. The lowest BCUT2D eigenvalue weighted by molar-refractivity contribution is -0.129. The van der Waals surface area contributed by atoms with Crippen molar-refractivity contribution in [2.75, 3.05) is 11.5 Å². The third kappa shape index (κ3) is 4.85. The van der Waals surface area contributed by atoms with Crippen molar-refractivity contribution in [2.45, 2.75) is 66.5 Å². The molecule has 0 aromatic heterocycles. The molecule has 0 aliphatic rings. The standard InChI is InChI=1S/C18H29NO2/c1-7-8-11-21-16(6)18(20)19(13(2)3)17-12-14(4)9-10-15(17)5/h9-10,12-13,16H,7-8,11H2,1-6H3. The Hall–Kier alpha value is -1.35. The summed E-state index contributed by atoms with van der Waals surface area (Å²) in [6, 6.07) is 6.32. The lowest BCUT2D eigenvalue weighted by Crippen LogP contribution is -2.44. The Kier molecular flexibility index (Phi) is 6.90. The normalized spacial score (nSPS) is 12.5. The fraction of sp³-hybridized carbons (Fsp3) is 0.611. The molecule has 0 saturated heterocycles. The maximum absolute atomic E-state index is 12.7. The summed E-state index contributed by atoms with van der Waals surface area (Å²) >= 11 is 0. The first-order valence-electron chi connectivity index (χ1n) is 7.90. The zero-order valence-corrected chi connectivity index (χ0v) is 14.3. The van der Waals surface area contributed by atoms with Crippen molar-refractivity contribution in [3.05, 3.63) is 29.3 Å². The minimum absolute atomic E-state index is 0.0369. The highest BCUT2D eigenvalue weighted by Crippen LogP contribution is 2.25. The second kappa shape index (κ2) is 8.18. The Morgan fingerprint density at radius 2 is 1.90 bits per heavy atom. The summed E-state index contributed by atoms with van der Waals surface area (Å²) in [6.45, 7) is 12.8. The first kappa shape index (κ1) is 17.7. The van der Waals surface area contributed by atoms with Crippen LogP contribution in [0.4, 0.5) is 5.69 Å². The van der Waals surface area contributed by atoms with Crippen LogP contribution in [0.2, 0.25) is 0 Å². The van der Waals surface area contributed by atoms with E-state index in [-0.39, 0.29) is 11.9 Å². The average molecular weight is 291 g/mol. The number of aryl methyl sites for hydroxylation is 2. The number of hydrogen-bond acceptors (Lipinski definition) is 2. The molecule has 1 aromatic carbocycles. The monoisotopic (exact) mass is 291 g/mol. The van der Waals surface area contributed by atoms with E-state index in [1.54, 1.807) is 0 Å². The zero-order chi connectivity index (χ0) is 16.0. The maximum atomic E-state index is 12.7. The van der Waals surface area contributed by atoms with Gasteiger partial charge in [-0.2, -0.15) is 0 Å². The summed E-state index contributed by atoms with van der Waals surface area (Å²) in [5.41, 5.74) is 3.26. The largest absolute Gasteiger partial charge is 0.369 e. The smallest absolute Gasteiger partial charge is 0.256 e. The van der Waals surface area contributed by atoms with Crippen LogP contribution < -0.4 is 4.90 Å². The van der Waals surface area contributed by atoms with Gasteiger partial charge in [-0.15, -0.1) is 0 Å². The number of ether oxygens (including phenoxy) is 1. The molecule has 1 amide bonds. The van der Waals surface area contributed by atoms with Crippen molar-refractivity contribution < 1.29 is 9.53 Å². The second-order valence-electron chi connectivity index (χ2n) is 5.96. The number of benzene rings is 1. The number of carbonyl (C=O) groups is 1. The molecule has 0 radical (unpaired) electrons. The van der Waals surface area contributed by atoms with Gasteiger partial charge in [-0.3, -0.25) is 4.79 Å². The molecule has 3 nitrogen and oxygen atoms in total. The third-order valence-electron chi connectivity index (χ3n) is 3.59. The Balaban J connectivity index is 2.95. The Morgan fingerprint density at radius 3 is 2.48 bits per heavy atom. The van der Waals surface area contributed by atoms with Crippen molar-refractivity contribution in [1.29, 1.82) is 0 Å². The molecule has 0 spiro atoms. The fourth-order valence-corrected chi connectivity index (χ4v) is 2.30. The van der Waals surface area contributed by atoms with Gasteiger partial charge in [-0.25, -0.2) is 0 Å². The highest BCUT2D eigenvalue weighted by atomic mass is 16.5.